The van der Waals surface area contributed by atoms with Crippen molar-refractivity contribution in [2.24, 2.45) is 21.7 Å². The van der Waals surface area contributed by atoms with Crippen LogP contribution in [0.1, 0.15) is 17.0 Å². The molecule has 1 aromatic heterocycles. The summed E-state index contributed by atoms with van der Waals surface area (Å²) in [6, 6.07) is 12.7. The minimum absolute atomic E-state index is 0.0971. The van der Waals surface area contributed by atoms with Crippen molar-refractivity contribution in [3.63, 3.8) is 0 Å². The van der Waals surface area contributed by atoms with E-state index >= 15 is 0 Å². The Bertz CT molecular complexity index is 1050. The van der Waals surface area contributed by atoms with Crippen molar-refractivity contribution in [3.8, 4) is 28.7 Å². The number of hydrogen-bond acceptors (Lipinski definition) is 7. The van der Waals surface area contributed by atoms with E-state index in [9.17, 15) is 0 Å². The van der Waals surface area contributed by atoms with Gasteiger partial charge in [0.05, 0.1) is 26.0 Å². The van der Waals surface area contributed by atoms with Gasteiger partial charge in [-0.25, -0.2) is 4.98 Å². The predicted molar refractivity (Wildman–Crippen MR) is 114 cm³/mol. The fourth-order valence-corrected chi connectivity index (χ4v) is 2.62. The molecule has 156 valence electrons. The maximum Gasteiger partial charge on any atom is 0.230 e. The molecular formula is C21H23N5O4. The van der Waals surface area contributed by atoms with E-state index in [2.05, 4.69) is 15.2 Å². The van der Waals surface area contributed by atoms with Crippen molar-refractivity contribution in [2.45, 2.75) is 13.5 Å². The zero-order chi connectivity index (χ0) is 21.5. The van der Waals surface area contributed by atoms with Crippen LogP contribution in [0.2, 0.25) is 0 Å². The Kier molecular flexibility index (Phi) is 6.53. The number of aromatic nitrogens is 1. The van der Waals surface area contributed by atoms with E-state index in [0.717, 1.165) is 5.56 Å². The summed E-state index contributed by atoms with van der Waals surface area (Å²) in [6.45, 7) is 2.09. The predicted octanol–water partition coefficient (Wildman–Crippen LogP) is 2.85. The number of nitrogens with zero attached hydrogens (tertiary/aromatic N) is 3. The number of oxazole rings is 1. The summed E-state index contributed by atoms with van der Waals surface area (Å²) < 4.78 is 22.4. The molecule has 4 N–H and O–H groups in total. The molecule has 3 rings (SSSR count). The van der Waals surface area contributed by atoms with Gasteiger partial charge in [0.15, 0.2) is 0 Å². The van der Waals surface area contributed by atoms with Crippen molar-refractivity contribution in [1.29, 1.82) is 0 Å². The van der Waals surface area contributed by atoms with Gasteiger partial charge < -0.3 is 30.1 Å². The molecule has 2 aromatic carbocycles. The number of guanidine groups is 1. The lowest BCUT2D eigenvalue weighted by molar-refractivity contribution is 0.299. The van der Waals surface area contributed by atoms with Gasteiger partial charge in [0.25, 0.3) is 0 Å². The second-order valence-corrected chi connectivity index (χ2v) is 6.22. The van der Waals surface area contributed by atoms with E-state index in [1.807, 2.05) is 49.4 Å². The van der Waals surface area contributed by atoms with Crippen LogP contribution in [0.25, 0.3) is 11.5 Å². The topological polar surface area (TPSA) is 130 Å². The molecule has 0 spiro atoms. The first-order chi connectivity index (χ1) is 14.5. The first-order valence-corrected chi connectivity index (χ1v) is 9.03. The number of rotatable bonds is 8. The molecule has 30 heavy (non-hydrogen) atoms. The molecule has 0 bridgehead atoms. The lowest BCUT2D eigenvalue weighted by Gasteiger charge is -2.07. The average Bonchev–Trinajstić information content (AvgIpc) is 3.12. The molecular weight excluding hydrogens is 386 g/mol. The number of ether oxygens (including phenoxy) is 3. The van der Waals surface area contributed by atoms with Crippen LogP contribution in [0, 0.1) is 6.92 Å². The minimum Gasteiger partial charge on any atom is -0.497 e. The van der Waals surface area contributed by atoms with Gasteiger partial charge >= 0.3 is 0 Å². The lowest BCUT2D eigenvalue weighted by Crippen LogP contribution is -2.21. The number of methoxy groups -OCH3 is 2. The summed E-state index contributed by atoms with van der Waals surface area (Å²) in [5.41, 5.74) is 12.7. The Morgan fingerprint density at radius 2 is 1.80 bits per heavy atom. The number of hydrogen-bond donors (Lipinski definition) is 2. The maximum absolute atomic E-state index is 5.84. The quantitative estimate of drug-likeness (QED) is 0.332. The normalized spacial score (nSPS) is 10.8. The summed E-state index contributed by atoms with van der Waals surface area (Å²) >= 11 is 0. The zero-order valence-electron chi connectivity index (χ0n) is 17.0. The van der Waals surface area contributed by atoms with Crippen LogP contribution in [0.4, 0.5) is 0 Å². The van der Waals surface area contributed by atoms with E-state index in [1.165, 1.54) is 0 Å². The third-order valence-corrected chi connectivity index (χ3v) is 4.17. The summed E-state index contributed by atoms with van der Waals surface area (Å²) in [5, 5.41) is 7.32. The van der Waals surface area contributed by atoms with Crippen LogP contribution >= 0.6 is 0 Å². The summed E-state index contributed by atoms with van der Waals surface area (Å²) in [7, 11) is 3.19. The Labute approximate surface area is 174 Å². The van der Waals surface area contributed by atoms with Crippen molar-refractivity contribution in [3.05, 3.63) is 59.5 Å². The highest BCUT2D eigenvalue weighted by atomic mass is 16.5. The lowest BCUT2D eigenvalue weighted by atomic mass is 10.2. The Morgan fingerprint density at radius 1 is 1.07 bits per heavy atom. The molecule has 0 radical (unpaired) electrons. The molecule has 0 fully saturated rings. The van der Waals surface area contributed by atoms with Crippen molar-refractivity contribution < 1.29 is 18.6 Å². The molecule has 0 saturated carbocycles. The minimum atomic E-state index is -0.0971. The molecule has 0 atom stereocenters. The van der Waals surface area contributed by atoms with Gasteiger partial charge in [-0.1, -0.05) is 0 Å². The van der Waals surface area contributed by atoms with E-state index in [1.54, 1.807) is 20.4 Å². The fourth-order valence-electron chi connectivity index (χ4n) is 2.62. The van der Waals surface area contributed by atoms with Crippen molar-refractivity contribution in [1.82, 2.24) is 4.98 Å². The second kappa shape index (κ2) is 9.46. The standard InChI is InChI=1S/C21H23N5O4/c1-13-18(12-29-15-6-4-14(5-7-15)11-24-26-21(22)23)25-20(30-13)17-10-16(27-2)8-9-19(17)28-3/h4-11H,12H2,1-3H3,(H4,22,23,26). The fraction of sp³-hybridized carbons (Fsp3) is 0.190. The molecule has 0 amide bonds. The monoisotopic (exact) mass is 409 g/mol. The molecule has 0 aliphatic rings. The molecule has 9 heteroatoms. The number of benzene rings is 2. The first-order valence-electron chi connectivity index (χ1n) is 9.03. The molecule has 0 aliphatic heterocycles. The molecule has 0 unspecified atom stereocenters. The van der Waals surface area contributed by atoms with E-state index < -0.39 is 0 Å². The third-order valence-electron chi connectivity index (χ3n) is 4.17. The van der Waals surface area contributed by atoms with Gasteiger partial charge in [-0.3, -0.25) is 0 Å². The molecule has 0 aliphatic carbocycles. The highest BCUT2D eigenvalue weighted by molar-refractivity contribution is 5.81. The third kappa shape index (κ3) is 5.07. The van der Waals surface area contributed by atoms with Crippen molar-refractivity contribution >= 4 is 12.2 Å². The molecule has 1 heterocycles. The first kappa shape index (κ1) is 20.7. The molecule has 3 aromatic rings. The van der Waals surface area contributed by atoms with Crippen LogP contribution in [0.5, 0.6) is 17.2 Å². The van der Waals surface area contributed by atoms with Gasteiger partial charge in [-0.2, -0.15) is 5.10 Å². The largest absolute Gasteiger partial charge is 0.497 e. The van der Waals surface area contributed by atoms with Gasteiger partial charge in [0.2, 0.25) is 11.9 Å². The van der Waals surface area contributed by atoms with E-state index in [-0.39, 0.29) is 12.6 Å². The van der Waals surface area contributed by atoms with Gasteiger partial charge in [-0.05, 0) is 55.0 Å². The summed E-state index contributed by atoms with van der Waals surface area (Å²) in [4.78, 5) is 4.57. The second-order valence-electron chi connectivity index (χ2n) is 6.22. The SMILES string of the molecule is COc1ccc(OC)c(-c2nc(COc3ccc(C=NN=C(N)N)cc3)c(C)o2)c1. The van der Waals surface area contributed by atoms with E-state index in [4.69, 9.17) is 30.1 Å². The van der Waals surface area contributed by atoms with Crippen LogP contribution in [-0.4, -0.2) is 31.4 Å². The summed E-state index contributed by atoms with van der Waals surface area (Å²) in [6.07, 6.45) is 1.54. The Hall–Kier alpha value is -4.01. The van der Waals surface area contributed by atoms with Crippen LogP contribution in [0.15, 0.2) is 57.1 Å². The van der Waals surface area contributed by atoms with Crippen LogP contribution in [0.3, 0.4) is 0 Å². The summed E-state index contributed by atoms with van der Waals surface area (Å²) in [5.74, 6) is 3.01. The molecule has 0 saturated heterocycles. The van der Waals surface area contributed by atoms with Crippen LogP contribution < -0.4 is 25.7 Å². The Balaban J connectivity index is 1.71. The number of aryl methyl sites for hydroxylation is 1. The zero-order valence-corrected chi connectivity index (χ0v) is 17.0. The van der Waals surface area contributed by atoms with Gasteiger partial charge in [0.1, 0.15) is 35.3 Å². The van der Waals surface area contributed by atoms with Gasteiger partial charge in [0, 0.05) is 0 Å². The van der Waals surface area contributed by atoms with Gasteiger partial charge in [-0.15, -0.1) is 5.10 Å². The van der Waals surface area contributed by atoms with Crippen LogP contribution in [-0.2, 0) is 6.61 Å². The van der Waals surface area contributed by atoms with Crippen molar-refractivity contribution in [2.75, 3.05) is 14.2 Å². The average molecular weight is 409 g/mol. The van der Waals surface area contributed by atoms with E-state index in [0.29, 0.717) is 40.2 Å². The highest BCUT2D eigenvalue weighted by Gasteiger charge is 2.16. The number of nitrogens with two attached hydrogens (primary N) is 2. The smallest absolute Gasteiger partial charge is 0.230 e. The Morgan fingerprint density at radius 3 is 2.47 bits per heavy atom. The maximum atomic E-state index is 5.84. The highest BCUT2D eigenvalue weighted by Crippen LogP contribution is 2.34. The molecule has 9 nitrogen and oxygen atoms in total.